The lowest BCUT2D eigenvalue weighted by Gasteiger charge is -2.24. The third-order valence-electron chi connectivity index (χ3n) is 3.54. The van der Waals surface area contributed by atoms with Gasteiger partial charge in [0.2, 0.25) is 11.8 Å². The molecule has 0 saturated carbocycles. The van der Waals surface area contributed by atoms with Crippen LogP contribution in [-0.4, -0.2) is 23.3 Å². The van der Waals surface area contributed by atoms with E-state index in [4.69, 9.17) is 15.2 Å². The van der Waals surface area contributed by atoms with Crippen LogP contribution >= 0.6 is 15.9 Å². The van der Waals surface area contributed by atoms with Crippen molar-refractivity contribution in [1.29, 1.82) is 5.26 Å². The standard InChI is InChI=1S/C15H11BrN4O3/c1-22-15(21)12-11-10(7-4-2-3-5-9(7)16)8(6-17)13(18)23-14(11)20-19-12/h2-5,10H,18H2,1H3,(H,19,20). The minimum atomic E-state index is -0.600. The number of aromatic nitrogens is 2. The molecular weight excluding hydrogens is 364 g/mol. The number of nitrogens with zero attached hydrogens (tertiary/aromatic N) is 2. The molecule has 0 aliphatic carbocycles. The van der Waals surface area contributed by atoms with Crippen LogP contribution in [0.1, 0.15) is 27.5 Å². The van der Waals surface area contributed by atoms with Crippen LogP contribution in [0.3, 0.4) is 0 Å². The van der Waals surface area contributed by atoms with E-state index in [1.54, 1.807) is 0 Å². The van der Waals surface area contributed by atoms with Gasteiger partial charge in [0.25, 0.3) is 0 Å². The Bertz CT molecular complexity index is 866. The largest absolute Gasteiger partial charge is 0.464 e. The van der Waals surface area contributed by atoms with Crippen molar-refractivity contribution in [2.45, 2.75) is 5.92 Å². The minimum Gasteiger partial charge on any atom is -0.464 e. The van der Waals surface area contributed by atoms with Crippen LogP contribution in [0.15, 0.2) is 40.2 Å². The first-order valence-corrected chi connectivity index (χ1v) is 7.36. The summed E-state index contributed by atoms with van der Waals surface area (Å²) < 4.78 is 10.9. The monoisotopic (exact) mass is 374 g/mol. The molecule has 7 nitrogen and oxygen atoms in total. The molecule has 1 aliphatic heterocycles. The number of esters is 1. The summed E-state index contributed by atoms with van der Waals surface area (Å²) in [5.74, 6) is -1.07. The van der Waals surface area contributed by atoms with Crippen LogP contribution in [-0.2, 0) is 4.74 Å². The van der Waals surface area contributed by atoms with Crippen LogP contribution in [0.25, 0.3) is 0 Å². The Morgan fingerprint density at radius 3 is 2.91 bits per heavy atom. The number of H-pyrrole nitrogens is 1. The number of ether oxygens (including phenoxy) is 2. The van der Waals surface area contributed by atoms with E-state index < -0.39 is 11.9 Å². The Hall–Kier alpha value is -2.79. The predicted octanol–water partition coefficient (Wildman–Crippen LogP) is 2.18. The maximum atomic E-state index is 12.0. The number of rotatable bonds is 2. The second kappa shape index (κ2) is 5.78. The van der Waals surface area contributed by atoms with Crippen molar-refractivity contribution in [3.8, 4) is 11.9 Å². The number of halogens is 1. The molecule has 0 fully saturated rings. The Balaban J connectivity index is 2.29. The Morgan fingerprint density at radius 1 is 1.52 bits per heavy atom. The summed E-state index contributed by atoms with van der Waals surface area (Å²) >= 11 is 3.47. The van der Waals surface area contributed by atoms with Gasteiger partial charge in [-0.05, 0) is 11.6 Å². The van der Waals surface area contributed by atoms with Crippen molar-refractivity contribution in [2.75, 3.05) is 7.11 Å². The highest BCUT2D eigenvalue weighted by Crippen LogP contribution is 2.44. The second-order valence-electron chi connectivity index (χ2n) is 4.76. The fraction of sp³-hybridized carbons (Fsp3) is 0.133. The molecule has 2 heterocycles. The van der Waals surface area contributed by atoms with Gasteiger partial charge in [-0.1, -0.05) is 34.1 Å². The van der Waals surface area contributed by atoms with Crippen molar-refractivity contribution >= 4 is 21.9 Å². The number of benzene rings is 1. The average Bonchev–Trinajstić information content (AvgIpc) is 2.97. The van der Waals surface area contributed by atoms with E-state index in [1.807, 2.05) is 24.3 Å². The molecule has 1 unspecified atom stereocenters. The van der Waals surface area contributed by atoms with Crippen LogP contribution in [0.2, 0.25) is 0 Å². The van der Waals surface area contributed by atoms with Crippen LogP contribution < -0.4 is 10.5 Å². The van der Waals surface area contributed by atoms with Gasteiger partial charge in [0.05, 0.1) is 18.6 Å². The van der Waals surface area contributed by atoms with E-state index in [0.717, 1.165) is 10.0 Å². The highest BCUT2D eigenvalue weighted by Gasteiger charge is 2.38. The number of hydrogen-bond donors (Lipinski definition) is 2. The Kier molecular flexibility index (Phi) is 3.80. The van der Waals surface area contributed by atoms with E-state index in [9.17, 15) is 10.1 Å². The Morgan fingerprint density at radius 2 is 2.26 bits per heavy atom. The molecule has 8 heteroatoms. The van der Waals surface area contributed by atoms with Gasteiger partial charge in [-0.2, -0.15) is 5.26 Å². The summed E-state index contributed by atoms with van der Waals surface area (Å²) in [4.78, 5) is 12.0. The van der Waals surface area contributed by atoms with E-state index in [1.165, 1.54) is 7.11 Å². The summed E-state index contributed by atoms with van der Waals surface area (Å²) in [6, 6.07) is 9.42. The summed E-state index contributed by atoms with van der Waals surface area (Å²) in [5.41, 5.74) is 7.37. The zero-order chi connectivity index (χ0) is 16.6. The van der Waals surface area contributed by atoms with E-state index in [-0.39, 0.29) is 23.0 Å². The minimum absolute atomic E-state index is 0.0383. The van der Waals surface area contributed by atoms with E-state index in [2.05, 4.69) is 32.2 Å². The topological polar surface area (TPSA) is 114 Å². The molecule has 1 aromatic heterocycles. The van der Waals surface area contributed by atoms with Gasteiger partial charge in [0, 0.05) is 4.47 Å². The highest BCUT2D eigenvalue weighted by molar-refractivity contribution is 9.10. The lowest BCUT2D eigenvalue weighted by atomic mass is 9.84. The van der Waals surface area contributed by atoms with Gasteiger partial charge in [0.1, 0.15) is 11.6 Å². The number of nitriles is 1. The Labute approximate surface area is 139 Å². The van der Waals surface area contributed by atoms with Crippen LogP contribution in [0.4, 0.5) is 0 Å². The maximum absolute atomic E-state index is 12.0. The second-order valence-corrected chi connectivity index (χ2v) is 5.61. The summed E-state index contributed by atoms with van der Waals surface area (Å²) in [7, 11) is 1.27. The molecule has 0 bridgehead atoms. The van der Waals surface area contributed by atoms with Crippen molar-refractivity contribution in [3.05, 3.63) is 57.0 Å². The molecule has 3 N–H and O–H groups in total. The summed E-state index contributed by atoms with van der Waals surface area (Å²) in [6.45, 7) is 0. The van der Waals surface area contributed by atoms with Crippen molar-refractivity contribution in [2.24, 2.45) is 5.73 Å². The van der Waals surface area contributed by atoms with Gasteiger partial charge < -0.3 is 15.2 Å². The van der Waals surface area contributed by atoms with E-state index in [0.29, 0.717) is 5.56 Å². The SMILES string of the molecule is COC(=O)c1[nH]nc2c1C(c1ccccc1Br)C(C#N)=C(N)O2. The normalized spacial score (nSPS) is 16.3. The van der Waals surface area contributed by atoms with E-state index >= 15 is 0 Å². The number of allylic oxidation sites excluding steroid dienone is 1. The predicted molar refractivity (Wildman–Crippen MR) is 83.4 cm³/mol. The summed E-state index contributed by atoms with van der Waals surface area (Å²) in [6.07, 6.45) is 0. The van der Waals surface area contributed by atoms with Gasteiger partial charge in [-0.25, -0.2) is 4.79 Å². The molecule has 1 atom stereocenters. The molecule has 1 aromatic carbocycles. The first kappa shape index (κ1) is 15.1. The average molecular weight is 375 g/mol. The first-order chi connectivity index (χ1) is 11.1. The quantitative estimate of drug-likeness (QED) is 0.778. The molecule has 0 amide bonds. The number of carbonyl (C=O) groups is 1. The molecular formula is C15H11BrN4O3. The van der Waals surface area contributed by atoms with Gasteiger partial charge >= 0.3 is 5.97 Å². The number of nitrogens with two attached hydrogens (primary N) is 1. The third kappa shape index (κ3) is 2.35. The third-order valence-corrected chi connectivity index (χ3v) is 4.27. The number of methoxy groups -OCH3 is 1. The number of nitrogens with one attached hydrogen (secondary N) is 1. The molecule has 23 heavy (non-hydrogen) atoms. The number of aromatic amines is 1. The number of hydrogen-bond acceptors (Lipinski definition) is 6. The number of fused-ring (bicyclic) bond motifs is 1. The van der Waals surface area contributed by atoms with Crippen LogP contribution in [0.5, 0.6) is 5.88 Å². The summed E-state index contributed by atoms with van der Waals surface area (Å²) in [5, 5.41) is 16.1. The zero-order valence-corrected chi connectivity index (χ0v) is 13.5. The molecule has 0 saturated heterocycles. The van der Waals surface area contributed by atoms with Gasteiger partial charge in [-0.3, -0.25) is 5.10 Å². The molecule has 1 aliphatic rings. The lowest BCUT2D eigenvalue weighted by Crippen LogP contribution is -2.22. The van der Waals surface area contributed by atoms with Crippen molar-refractivity contribution in [3.63, 3.8) is 0 Å². The van der Waals surface area contributed by atoms with Crippen LogP contribution in [0, 0.1) is 11.3 Å². The first-order valence-electron chi connectivity index (χ1n) is 6.57. The fourth-order valence-electron chi connectivity index (χ4n) is 2.52. The fourth-order valence-corrected chi connectivity index (χ4v) is 3.04. The molecule has 2 aromatic rings. The van der Waals surface area contributed by atoms with Gasteiger partial charge in [-0.15, -0.1) is 5.10 Å². The van der Waals surface area contributed by atoms with Crippen molar-refractivity contribution < 1.29 is 14.3 Å². The smallest absolute Gasteiger partial charge is 0.356 e. The highest BCUT2D eigenvalue weighted by atomic mass is 79.9. The molecule has 0 radical (unpaired) electrons. The van der Waals surface area contributed by atoms with Gasteiger partial charge in [0.15, 0.2) is 5.69 Å². The maximum Gasteiger partial charge on any atom is 0.356 e. The number of carbonyl (C=O) groups excluding carboxylic acids is 1. The lowest BCUT2D eigenvalue weighted by molar-refractivity contribution is 0.0592. The van der Waals surface area contributed by atoms with Crippen molar-refractivity contribution in [1.82, 2.24) is 10.2 Å². The molecule has 3 rings (SSSR count). The zero-order valence-electron chi connectivity index (χ0n) is 12.0. The molecule has 0 spiro atoms. The molecule has 116 valence electrons.